The normalized spacial score (nSPS) is 16.9. The summed E-state index contributed by atoms with van der Waals surface area (Å²) in [5, 5.41) is 2.67. The first-order chi connectivity index (χ1) is 12.6. The largest absolute Gasteiger partial charge is 0.447 e. The number of esters is 1. The third-order valence-corrected chi connectivity index (χ3v) is 4.24. The minimum Gasteiger partial charge on any atom is -0.447 e. The summed E-state index contributed by atoms with van der Waals surface area (Å²) in [6.45, 7) is 0. The van der Waals surface area contributed by atoms with Crippen LogP contribution in [0.25, 0.3) is 0 Å². The van der Waals surface area contributed by atoms with E-state index in [1.807, 2.05) is 18.2 Å². The SMILES string of the molecule is O=C(C[C@@H]1C=CCC1)O[C@@H](C(=O)Nc1ccc(F)cc1)c1ccccc1. The topological polar surface area (TPSA) is 55.4 Å². The van der Waals surface area contributed by atoms with Crippen LogP contribution in [0.4, 0.5) is 10.1 Å². The van der Waals surface area contributed by atoms with Crippen molar-refractivity contribution in [3.8, 4) is 0 Å². The molecular formula is C21H20FNO3. The summed E-state index contributed by atoms with van der Waals surface area (Å²) < 4.78 is 18.5. The molecule has 26 heavy (non-hydrogen) atoms. The van der Waals surface area contributed by atoms with Gasteiger partial charge in [0.25, 0.3) is 5.91 Å². The monoisotopic (exact) mass is 353 g/mol. The highest BCUT2D eigenvalue weighted by Gasteiger charge is 2.26. The number of hydrogen-bond acceptors (Lipinski definition) is 3. The third-order valence-electron chi connectivity index (χ3n) is 4.24. The molecule has 134 valence electrons. The number of carbonyl (C=O) groups excluding carboxylic acids is 2. The highest BCUT2D eigenvalue weighted by Crippen LogP contribution is 2.25. The zero-order valence-corrected chi connectivity index (χ0v) is 14.2. The van der Waals surface area contributed by atoms with E-state index in [1.165, 1.54) is 24.3 Å². The number of rotatable bonds is 6. The quantitative estimate of drug-likeness (QED) is 0.618. The zero-order chi connectivity index (χ0) is 18.4. The number of hydrogen-bond donors (Lipinski definition) is 1. The Kier molecular flexibility index (Phi) is 5.79. The maximum atomic E-state index is 13.0. The first-order valence-electron chi connectivity index (χ1n) is 8.59. The van der Waals surface area contributed by atoms with Crippen molar-refractivity contribution in [1.29, 1.82) is 0 Å². The minimum atomic E-state index is -1.06. The van der Waals surface area contributed by atoms with Crippen molar-refractivity contribution in [3.63, 3.8) is 0 Å². The summed E-state index contributed by atoms with van der Waals surface area (Å²) in [6.07, 6.45) is 5.14. The van der Waals surface area contributed by atoms with Gasteiger partial charge in [0, 0.05) is 11.3 Å². The molecule has 1 aliphatic rings. The molecule has 0 radical (unpaired) electrons. The van der Waals surface area contributed by atoms with Gasteiger partial charge in [0.05, 0.1) is 6.42 Å². The maximum absolute atomic E-state index is 13.0. The van der Waals surface area contributed by atoms with Gasteiger partial charge in [0.2, 0.25) is 6.10 Å². The van der Waals surface area contributed by atoms with Crippen molar-refractivity contribution < 1.29 is 18.7 Å². The molecule has 0 saturated heterocycles. The molecule has 4 nitrogen and oxygen atoms in total. The number of ether oxygens (including phenoxy) is 1. The van der Waals surface area contributed by atoms with Gasteiger partial charge in [0.1, 0.15) is 5.82 Å². The molecule has 2 aromatic rings. The highest BCUT2D eigenvalue weighted by molar-refractivity contribution is 5.96. The van der Waals surface area contributed by atoms with Crippen LogP contribution >= 0.6 is 0 Å². The summed E-state index contributed by atoms with van der Waals surface area (Å²) in [4.78, 5) is 25.0. The summed E-state index contributed by atoms with van der Waals surface area (Å²) in [7, 11) is 0. The molecule has 2 atom stereocenters. The van der Waals surface area contributed by atoms with Crippen LogP contribution in [0, 0.1) is 11.7 Å². The molecule has 0 heterocycles. The van der Waals surface area contributed by atoms with Gasteiger partial charge in [-0.2, -0.15) is 0 Å². The number of nitrogens with one attached hydrogen (secondary N) is 1. The molecule has 3 rings (SSSR count). The number of benzene rings is 2. The Morgan fingerprint density at radius 3 is 2.50 bits per heavy atom. The lowest BCUT2D eigenvalue weighted by Crippen LogP contribution is -2.26. The van der Waals surface area contributed by atoms with Gasteiger partial charge in [-0.3, -0.25) is 9.59 Å². The van der Waals surface area contributed by atoms with E-state index in [4.69, 9.17) is 4.74 Å². The predicted octanol–water partition coefficient (Wildman–Crippen LogP) is 4.41. The van der Waals surface area contributed by atoms with Crippen molar-refractivity contribution in [2.45, 2.75) is 25.4 Å². The van der Waals surface area contributed by atoms with E-state index in [0.29, 0.717) is 11.3 Å². The molecule has 0 spiro atoms. The molecule has 0 aromatic heterocycles. The average Bonchev–Trinajstić information content (AvgIpc) is 3.15. The zero-order valence-electron chi connectivity index (χ0n) is 14.2. The second kappa shape index (κ2) is 8.43. The van der Waals surface area contributed by atoms with E-state index >= 15 is 0 Å². The number of halogens is 1. The van der Waals surface area contributed by atoms with Crippen molar-refractivity contribution in [2.24, 2.45) is 5.92 Å². The van der Waals surface area contributed by atoms with Gasteiger partial charge in [-0.25, -0.2) is 4.39 Å². The third kappa shape index (κ3) is 4.79. The smallest absolute Gasteiger partial charge is 0.307 e. The van der Waals surface area contributed by atoms with Crippen molar-refractivity contribution in [1.82, 2.24) is 0 Å². The van der Waals surface area contributed by atoms with Crippen LogP contribution in [0.15, 0.2) is 66.7 Å². The van der Waals surface area contributed by atoms with E-state index in [-0.39, 0.29) is 12.3 Å². The summed E-state index contributed by atoms with van der Waals surface area (Å²) in [5.74, 6) is -1.11. The molecule has 0 saturated carbocycles. The molecule has 5 heteroatoms. The van der Waals surface area contributed by atoms with Crippen LogP contribution in [-0.4, -0.2) is 11.9 Å². The van der Waals surface area contributed by atoms with Crippen LogP contribution in [0.3, 0.4) is 0 Å². The van der Waals surface area contributed by atoms with Gasteiger partial charge in [-0.1, -0.05) is 42.5 Å². The molecule has 0 unspecified atom stereocenters. The van der Waals surface area contributed by atoms with E-state index < -0.39 is 23.8 Å². The Morgan fingerprint density at radius 1 is 1.12 bits per heavy atom. The van der Waals surface area contributed by atoms with Crippen molar-refractivity contribution in [3.05, 3.63) is 78.1 Å². The Hall–Kier alpha value is -2.95. The highest BCUT2D eigenvalue weighted by atomic mass is 19.1. The fourth-order valence-corrected chi connectivity index (χ4v) is 2.90. The van der Waals surface area contributed by atoms with Gasteiger partial charge >= 0.3 is 5.97 Å². The Morgan fingerprint density at radius 2 is 1.85 bits per heavy atom. The average molecular weight is 353 g/mol. The maximum Gasteiger partial charge on any atom is 0.307 e. The van der Waals surface area contributed by atoms with Gasteiger partial charge in [-0.05, 0) is 43.0 Å². The number of allylic oxidation sites excluding steroid dienone is 2. The summed E-state index contributed by atoms with van der Waals surface area (Å²) >= 11 is 0. The first-order valence-corrected chi connectivity index (χ1v) is 8.59. The Balaban J connectivity index is 1.72. The fourth-order valence-electron chi connectivity index (χ4n) is 2.90. The van der Waals surface area contributed by atoms with Crippen LogP contribution in [-0.2, 0) is 14.3 Å². The van der Waals surface area contributed by atoms with E-state index in [1.54, 1.807) is 24.3 Å². The van der Waals surface area contributed by atoms with Gasteiger partial charge in [-0.15, -0.1) is 0 Å². The van der Waals surface area contributed by atoms with E-state index in [9.17, 15) is 14.0 Å². The molecule has 1 aliphatic carbocycles. The molecule has 2 aromatic carbocycles. The van der Waals surface area contributed by atoms with E-state index in [2.05, 4.69) is 5.32 Å². The van der Waals surface area contributed by atoms with Crippen molar-refractivity contribution >= 4 is 17.6 Å². The summed E-state index contributed by atoms with van der Waals surface area (Å²) in [5.41, 5.74) is 1.02. The lowest BCUT2D eigenvalue weighted by molar-refractivity contribution is -0.155. The van der Waals surface area contributed by atoms with Gasteiger partial charge < -0.3 is 10.1 Å². The lowest BCUT2D eigenvalue weighted by Gasteiger charge is -2.19. The van der Waals surface area contributed by atoms with Crippen LogP contribution in [0.2, 0.25) is 0 Å². The molecular weight excluding hydrogens is 333 g/mol. The first kappa shape index (κ1) is 17.9. The molecule has 0 bridgehead atoms. The molecule has 1 amide bonds. The molecule has 0 fully saturated rings. The second-order valence-corrected chi connectivity index (χ2v) is 6.25. The Labute approximate surface area is 151 Å². The Bertz CT molecular complexity index is 787. The lowest BCUT2D eigenvalue weighted by atomic mass is 10.1. The fraction of sp³-hybridized carbons (Fsp3) is 0.238. The molecule has 1 N–H and O–H groups in total. The standard InChI is InChI=1S/C21H20FNO3/c22-17-10-12-18(13-11-17)23-21(25)20(16-8-2-1-3-9-16)26-19(24)14-15-6-4-5-7-15/h1-4,6,8-13,15,20H,5,7,14H2,(H,23,25)/t15-,20-/m1/s1. The number of amides is 1. The number of carbonyl (C=O) groups is 2. The summed E-state index contributed by atoms with van der Waals surface area (Å²) in [6, 6.07) is 14.3. The number of anilines is 1. The molecule has 0 aliphatic heterocycles. The van der Waals surface area contributed by atoms with E-state index in [0.717, 1.165) is 12.8 Å². The van der Waals surface area contributed by atoms with Crippen LogP contribution in [0.5, 0.6) is 0 Å². The van der Waals surface area contributed by atoms with Crippen molar-refractivity contribution in [2.75, 3.05) is 5.32 Å². The van der Waals surface area contributed by atoms with Gasteiger partial charge in [0.15, 0.2) is 0 Å². The van der Waals surface area contributed by atoms with Crippen LogP contribution < -0.4 is 5.32 Å². The van der Waals surface area contributed by atoms with Crippen LogP contribution in [0.1, 0.15) is 30.9 Å². The predicted molar refractivity (Wildman–Crippen MR) is 96.8 cm³/mol. The minimum absolute atomic E-state index is 0.166. The second-order valence-electron chi connectivity index (χ2n) is 6.25.